The third-order valence-electron chi connectivity index (χ3n) is 3.03. The minimum atomic E-state index is -0.717. The van der Waals surface area contributed by atoms with Crippen molar-refractivity contribution in [3.8, 4) is 0 Å². The third kappa shape index (κ3) is 8.45. The van der Waals surface area contributed by atoms with Gasteiger partial charge in [-0.3, -0.25) is 9.59 Å². The van der Waals surface area contributed by atoms with Gasteiger partial charge < -0.3 is 21.2 Å². The van der Waals surface area contributed by atoms with Gasteiger partial charge in [-0.25, -0.2) is 0 Å². The van der Waals surface area contributed by atoms with Crippen LogP contribution in [0.2, 0.25) is 0 Å². The maximum Gasteiger partial charge on any atom is 0.242 e. The molecule has 0 aromatic carbocycles. The summed E-state index contributed by atoms with van der Waals surface area (Å²) in [6.07, 6.45) is 1.85. The van der Waals surface area contributed by atoms with E-state index in [2.05, 4.69) is 10.6 Å². The molecule has 0 fully saturated rings. The van der Waals surface area contributed by atoms with E-state index in [0.717, 1.165) is 6.29 Å². The number of hydrogen-bond donors (Lipinski definition) is 3. The Kier molecular flexibility index (Phi) is 8.85. The number of aldehydes is 1. The molecule has 0 aliphatic carbocycles. The summed E-state index contributed by atoms with van der Waals surface area (Å²) >= 11 is 0. The molecule has 2 amide bonds. The Morgan fingerprint density at radius 3 is 1.90 bits per heavy atom. The number of amides is 2. The minimum Gasteiger partial charge on any atom is -0.345 e. The number of nitrogens with one attached hydrogen (secondary N) is 2. The van der Waals surface area contributed by atoms with Gasteiger partial charge in [0.25, 0.3) is 0 Å². The lowest BCUT2D eigenvalue weighted by molar-refractivity contribution is -0.130. The van der Waals surface area contributed by atoms with Gasteiger partial charge in [0.2, 0.25) is 11.8 Å². The van der Waals surface area contributed by atoms with Crippen molar-refractivity contribution >= 4 is 18.1 Å². The van der Waals surface area contributed by atoms with Crippen LogP contribution >= 0.6 is 0 Å². The molecule has 0 rings (SSSR count). The molecule has 4 N–H and O–H groups in total. The summed E-state index contributed by atoms with van der Waals surface area (Å²) < 4.78 is 0. The Hall–Kier alpha value is -1.43. The summed E-state index contributed by atoms with van der Waals surface area (Å²) in [7, 11) is 0. The van der Waals surface area contributed by atoms with E-state index in [1.807, 2.05) is 27.7 Å². The fourth-order valence-electron chi connectivity index (χ4n) is 1.96. The highest BCUT2D eigenvalue weighted by molar-refractivity contribution is 5.90. The summed E-state index contributed by atoms with van der Waals surface area (Å²) in [5.41, 5.74) is 5.76. The fourth-order valence-corrected chi connectivity index (χ4v) is 1.96. The zero-order valence-electron chi connectivity index (χ0n) is 13.7. The number of nitrogens with two attached hydrogens (primary N) is 1. The maximum absolute atomic E-state index is 11.9. The number of carbonyl (C=O) groups is 3. The Bertz CT molecular complexity index is 356. The summed E-state index contributed by atoms with van der Waals surface area (Å²) in [6, 6.07) is -1.87. The van der Waals surface area contributed by atoms with E-state index in [4.69, 9.17) is 5.73 Å². The Morgan fingerprint density at radius 2 is 1.48 bits per heavy atom. The van der Waals surface area contributed by atoms with Gasteiger partial charge in [0.15, 0.2) is 0 Å². The quantitative estimate of drug-likeness (QED) is 0.542. The van der Waals surface area contributed by atoms with Crippen LogP contribution in [0.4, 0.5) is 0 Å². The molecule has 0 aromatic rings. The van der Waals surface area contributed by atoms with Gasteiger partial charge in [-0.2, -0.15) is 0 Å². The molecular weight excluding hydrogens is 270 g/mol. The minimum absolute atomic E-state index is 0.296. The van der Waals surface area contributed by atoms with Gasteiger partial charge in [-0.1, -0.05) is 27.7 Å². The Morgan fingerprint density at radius 1 is 0.952 bits per heavy atom. The second-order valence-corrected chi connectivity index (χ2v) is 6.35. The molecule has 0 radical (unpaired) electrons. The van der Waals surface area contributed by atoms with Gasteiger partial charge in [0.1, 0.15) is 12.3 Å². The van der Waals surface area contributed by atoms with Crippen LogP contribution in [0.25, 0.3) is 0 Å². The van der Waals surface area contributed by atoms with Crippen LogP contribution in [0.1, 0.15) is 47.5 Å². The number of carbonyl (C=O) groups excluding carboxylic acids is 3. The van der Waals surface area contributed by atoms with Crippen LogP contribution in [0.15, 0.2) is 0 Å². The molecule has 122 valence electrons. The van der Waals surface area contributed by atoms with Crippen LogP contribution in [-0.4, -0.2) is 36.2 Å². The van der Waals surface area contributed by atoms with Gasteiger partial charge in [0.05, 0.1) is 12.1 Å². The summed E-state index contributed by atoms with van der Waals surface area (Å²) in [5.74, 6) is -0.124. The van der Waals surface area contributed by atoms with Crippen LogP contribution in [0.5, 0.6) is 0 Å². The first-order valence-corrected chi connectivity index (χ1v) is 7.49. The summed E-state index contributed by atoms with van der Waals surface area (Å²) in [5, 5.41) is 5.20. The SMILES string of the molecule is CC(C)CC(N)C(=O)N[C@@H](C)C(=O)N[C@H](C=O)CC(C)C. The van der Waals surface area contributed by atoms with E-state index in [9.17, 15) is 14.4 Å². The number of hydrogen-bond acceptors (Lipinski definition) is 4. The molecule has 0 heterocycles. The van der Waals surface area contributed by atoms with Crippen molar-refractivity contribution in [1.82, 2.24) is 10.6 Å². The lowest BCUT2D eigenvalue weighted by Gasteiger charge is -2.21. The summed E-state index contributed by atoms with van der Waals surface area (Å²) in [6.45, 7) is 9.47. The normalized spacial score (nSPS) is 15.4. The monoisotopic (exact) mass is 299 g/mol. The molecule has 21 heavy (non-hydrogen) atoms. The van der Waals surface area contributed by atoms with Crippen molar-refractivity contribution in [3.63, 3.8) is 0 Å². The van der Waals surface area contributed by atoms with E-state index < -0.39 is 18.1 Å². The van der Waals surface area contributed by atoms with E-state index in [0.29, 0.717) is 24.7 Å². The van der Waals surface area contributed by atoms with Crippen molar-refractivity contribution in [2.24, 2.45) is 17.6 Å². The van der Waals surface area contributed by atoms with Crippen LogP contribution in [0.3, 0.4) is 0 Å². The highest BCUT2D eigenvalue weighted by Crippen LogP contribution is 2.04. The average Bonchev–Trinajstić information content (AvgIpc) is 2.36. The predicted octanol–water partition coefficient (Wildman–Crippen LogP) is 0.594. The molecule has 0 aliphatic rings. The van der Waals surface area contributed by atoms with E-state index >= 15 is 0 Å². The predicted molar refractivity (Wildman–Crippen MR) is 82.5 cm³/mol. The first-order chi connectivity index (χ1) is 9.67. The van der Waals surface area contributed by atoms with E-state index in [-0.39, 0.29) is 11.8 Å². The van der Waals surface area contributed by atoms with Crippen molar-refractivity contribution in [1.29, 1.82) is 0 Å². The Labute approximate surface area is 127 Å². The molecule has 6 nitrogen and oxygen atoms in total. The summed E-state index contributed by atoms with van der Waals surface area (Å²) in [4.78, 5) is 34.7. The first-order valence-electron chi connectivity index (χ1n) is 7.49. The molecular formula is C15H29N3O3. The molecule has 0 aliphatic heterocycles. The zero-order valence-corrected chi connectivity index (χ0v) is 13.7. The van der Waals surface area contributed by atoms with Crippen LogP contribution in [0, 0.1) is 11.8 Å². The molecule has 0 saturated heterocycles. The topological polar surface area (TPSA) is 101 Å². The standard InChI is InChI=1S/C15H29N3O3/c1-9(2)6-12(8-19)18-14(20)11(5)17-15(21)13(16)7-10(3)4/h8-13H,6-7,16H2,1-5H3,(H,17,21)(H,18,20)/t11-,12-,13?/m0/s1. The van der Waals surface area contributed by atoms with Crippen LogP contribution in [-0.2, 0) is 14.4 Å². The molecule has 0 aromatic heterocycles. The average molecular weight is 299 g/mol. The van der Waals surface area contributed by atoms with Crippen molar-refractivity contribution < 1.29 is 14.4 Å². The van der Waals surface area contributed by atoms with Gasteiger partial charge in [-0.05, 0) is 31.6 Å². The van der Waals surface area contributed by atoms with Gasteiger partial charge in [0, 0.05) is 0 Å². The first kappa shape index (κ1) is 19.6. The second kappa shape index (κ2) is 9.50. The van der Waals surface area contributed by atoms with Crippen molar-refractivity contribution in [2.45, 2.75) is 65.6 Å². The molecule has 0 spiro atoms. The molecule has 3 atom stereocenters. The zero-order chi connectivity index (χ0) is 16.6. The molecule has 1 unspecified atom stereocenters. The highest BCUT2D eigenvalue weighted by Gasteiger charge is 2.22. The fraction of sp³-hybridized carbons (Fsp3) is 0.800. The largest absolute Gasteiger partial charge is 0.345 e. The smallest absolute Gasteiger partial charge is 0.242 e. The van der Waals surface area contributed by atoms with Crippen molar-refractivity contribution in [2.75, 3.05) is 0 Å². The van der Waals surface area contributed by atoms with Crippen LogP contribution < -0.4 is 16.4 Å². The molecule has 6 heteroatoms. The van der Waals surface area contributed by atoms with Gasteiger partial charge >= 0.3 is 0 Å². The highest BCUT2D eigenvalue weighted by atomic mass is 16.2. The van der Waals surface area contributed by atoms with E-state index in [1.165, 1.54) is 0 Å². The second-order valence-electron chi connectivity index (χ2n) is 6.35. The molecule has 0 bridgehead atoms. The lowest BCUT2D eigenvalue weighted by Crippen LogP contribution is -2.52. The lowest BCUT2D eigenvalue weighted by atomic mass is 10.0. The van der Waals surface area contributed by atoms with Gasteiger partial charge in [-0.15, -0.1) is 0 Å². The molecule has 0 saturated carbocycles. The maximum atomic E-state index is 11.9. The third-order valence-corrected chi connectivity index (χ3v) is 3.03. The number of rotatable bonds is 9. The Balaban J connectivity index is 4.37. The van der Waals surface area contributed by atoms with Crippen molar-refractivity contribution in [3.05, 3.63) is 0 Å². The van der Waals surface area contributed by atoms with E-state index in [1.54, 1.807) is 6.92 Å².